The molecule has 0 saturated carbocycles. The fraction of sp³-hybridized carbons (Fsp3) is 1.00. The molecule has 0 aromatic heterocycles. The van der Waals surface area contributed by atoms with Crippen molar-refractivity contribution in [2.45, 2.75) is 34.0 Å². The summed E-state index contributed by atoms with van der Waals surface area (Å²) < 4.78 is 10.2. The van der Waals surface area contributed by atoms with E-state index in [0.29, 0.717) is 0 Å². The van der Waals surface area contributed by atoms with Gasteiger partial charge < -0.3 is 5.21 Å². The molecule has 0 aromatic carbocycles. The second kappa shape index (κ2) is 5.78. The van der Waals surface area contributed by atoms with Gasteiger partial charge in [0.25, 0.3) is 0 Å². The molecule has 0 rings (SSSR count). The molecular formula is C6H18NO2P. The van der Waals surface area contributed by atoms with E-state index in [1.54, 1.807) is 13.8 Å². The van der Waals surface area contributed by atoms with Crippen molar-refractivity contribution in [3.8, 4) is 0 Å². The van der Waals surface area contributed by atoms with Crippen LogP contribution in [0.25, 0.3) is 0 Å². The molecule has 0 heterocycles. The van der Waals surface area contributed by atoms with E-state index in [1.165, 1.54) is 7.05 Å². The van der Waals surface area contributed by atoms with E-state index in [9.17, 15) is 4.57 Å². The van der Waals surface area contributed by atoms with Gasteiger partial charge in [-0.3, -0.25) is 4.57 Å². The lowest BCUT2D eigenvalue weighted by molar-refractivity contribution is -0.106. The lowest BCUT2D eigenvalue weighted by Crippen LogP contribution is -2.32. The van der Waals surface area contributed by atoms with E-state index in [4.69, 9.17) is 5.21 Å². The van der Waals surface area contributed by atoms with E-state index < -0.39 is 5.28 Å². The molecule has 3 nitrogen and oxygen atoms in total. The Bertz CT molecular complexity index is 93.7. The maximum absolute atomic E-state index is 10.2. The highest BCUT2D eigenvalue weighted by molar-refractivity contribution is 7.25. The molecule has 10 heavy (non-hydrogen) atoms. The Kier molecular flexibility index (Phi) is 9.56. The minimum atomic E-state index is -0.653. The molecule has 0 aromatic rings. The van der Waals surface area contributed by atoms with Gasteiger partial charge in [-0.2, -0.15) is 5.06 Å². The molecule has 0 aliphatic rings. The van der Waals surface area contributed by atoms with Gasteiger partial charge in [-0.1, -0.05) is 14.9 Å². The van der Waals surface area contributed by atoms with Gasteiger partial charge in [0.15, 0.2) is 8.46 Å². The first kappa shape index (κ1) is 16.5. The number of hydroxylamine groups is 2. The number of rotatable bonds is 2. The Balaban J connectivity index is -0.000000245. The first-order valence-corrected chi connectivity index (χ1v) is 3.09. The summed E-state index contributed by atoms with van der Waals surface area (Å²) in [5, 5.41) is 8.97. The molecule has 0 aliphatic heterocycles. The van der Waals surface area contributed by atoms with Gasteiger partial charge in [-0.25, -0.2) is 0 Å². The molecule has 0 saturated heterocycles. The third-order valence-electron chi connectivity index (χ3n) is 1.02. The van der Waals surface area contributed by atoms with Crippen molar-refractivity contribution in [1.82, 2.24) is 5.06 Å². The molecule has 1 N–H and O–H groups in total. The molecule has 0 atom stereocenters. The fourth-order valence-electron chi connectivity index (χ4n) is 0.0591. The first-order valence-electron chi connectivity index (χ1n) is 2.28. The Morgan fingerprint density at radius 3 is 1.70 bits per heavy atom. The van der Waals surface area contributed by atoms with Crippen molar-refractivity contribution in [3.63, 3.8) is 0 Å². The van der Waals surface area contributed by atoms with Gasteiger partial charge >= 0.3 is 0 Å². The fourth-order valence-corrected chi connectivity index (χ4v) is 0.177. The van der Waals surface area contributed by atoms with Crippen molar-refractivity contribution in [2.24, 2.45) is 0 Å². The summed E-state index contributed by atoms with van der Waals surface area (Å²) in [5.41, 5.74) is 0. The molecule has 0 bridgehead atoms. The van der Waals surface area contributed by atoms with Gasteiger partial charge in [0.05, 0.1) is 0 Å². The first-order chi connectivity index (χ1) is 3.50. The average molecular weight is 167 g/mol. The summed E-state index contributed by atoms with van der Waals surface area (Å²) in [5.74, 6) is 0. The van der Waals surface area contributed by atoms with E-state index in [0.717, 1.165) is 5.06 Å². The SMILES string of the molecule is C.C.CN(O)C(C)(C)P=O. The maximum Gasteiger partial charge on any atom is 0.179 e. The highest BCUT2D eigenvalue weighted by Gasteiger charge is 2.21. The normalized spacial score (nSPS) is 10.5. The van der Waals surface area contributed by atoms with Gasteiger partial charge in [0.1, 0.15) is 5.28 Å². The topological polar surface area (TPSA) is 40.5 Å². The van der Waals surface area contributed by atoms with Crippen molar-refractivity contribution < 1.29 is 9.77 Å². The molecule has 0 unspecified atom stereocenters. The summed E-state index contributed by atoms with van der Waals surface area (Å²) in [6.07, 6.45) is 0. The number of nitrogens with zero attached hydrogens (tertiary/aromatic N) is 1. The van der Waals surface area contributed by atoms with Crippen molar-refractivity contribution in [2.75, 3.05) is 7.05 Å². The lowest BCUT2D eigenvalue weighted by atomic mass is 10.4. The summed E-state index contributed by atoms with van der Waals surface area (Å²) in [6, 6.07) is 0. The van der Waals surface area contributed by atoms with Crippen LogP contribution in [0.3, 0.4) is 0 Å². The van der Waals surface area contributed by atoms with Gasteiger partial charge in [0, 0.05) is 7.05 Å². The monoisotopic (exact) mass is 167 g/mol. The van der Waals surface area contributed by atoms with Crippen molar-refractivity contribution in [1.29, 1.82) is 0 Å². The zero-order chi connectivity index (χ0) is 6.78. The minimum Gasteiger partial charge on any atom is -0.313 e. The number of hydrogen-bond acceptors (Lipinski definition) is 3. The summed E-state index contributed by atoms with van der Waals surface area (Å²) in [7, 11) is 1.39. The molecule has 4 heteroatoms. The second-order valence-corrected chi connectivity index (χ2v) is 3.39. The van der Waals surface area contributed by atoms with Crippen LogP contribution in [-0.4, -0.2) is 22.6 Å². The number of hydrogen-bond donors (Lipinski definition) is 1. The smallest absolute Gasteiger partial charge is 0.179 e. The van der Waals surface area contributed by atoms with Crippen LogP contribution in [0.4, 0.5) is 0 Å². The average Bonchev–Trinajstić information content (AvgIpc) is 1.67. The molecule has 0 amide bonds. The Hall–Kier alpha value is 0.0200. The van der Waals surface area contributed by atoms with Crippen LogP contribution in [0, 0.1) is 0 Å². The zero-order valence-electron chi connectivity index (χ0n) is 5.25. The third-order valence-corrected chi connectivity index (χ3v) is 1.75. The van der Waals surface area contributed by atoms with Crippen LogP contribution < -0.4 is 0 Å². The van der Waals surface area contributed by atoms with Gasteiger partial charge in [-0.05, 0) is 13.8 Å². The highest BCUT2D eigenvalue weighted by Crippen LogP contribution is 2.22. The Labute approximate surface area is 65.2 Å². The van der Waals surface area contributed by atoms with Crippen molar-refractivity contribution in [3.05, 3.63) is 0 Å². The van der Waals surface area contributed by atoms with E-state index in [2.05, 4.69) is 0 Å². The molecule has 0 radical (unpaired) electrons. The standard InChI is InChI=1S/C4H10NO2P.2CH4/c1-4(2,8-7)5(3)6;;/h6H,1-3H3;2*1H4. The molecule has 0 aliphatic carbocycles. The summed E-state index contributed by atoms with van der Waals surface area (Å²) >= 11 is 0. The minimum absolute atomic E-state index is 0. The Morgan fingerprint density at radius 2 is 1.70 bits per heavy atom. The van der Waals surface area contributed by atoms with E-state index >= 15 is 0 Å². The molecular weight excluding hydrogens is 149 g/mol. The lowest BCUT2D eigenvalue weighted by Gasteiger charge is -2.21. The predicted molar refractivity (Wildman–Crippen MR) is 44.7 cm³/mol. The highest BCUT2D eigenvalue weighted by atomic mass is 31.1. The molecule has 64 valence electrons. The van der Waals surface area contributed by atoms with Crippen LogP contribution in [0.1, 0.15) is 28.7 Å². The predicted octanol–water partition coefficient (Wildman–Crippen LogP) is 2.61. The second-order valence-electron chi connectivity index (χ2n) is 2.11. The quantitative estimate of drug-likeness (QED) is 0.507. The van der Waals surface area contributed by atoms with E-state index in [1.807, 2.05) is 0 Å². The zero-order valence-corrected chi connectivity index (χ0v) is 6.14. The van der Waals surface area contributed by atoms with Crippen LogP contribution in [0.5, 0.6) is 0 Å². The largest absolute Gasteiger partial charge is 0.313 e. The van der Waals surface area contributed by atoms with Crippen LogP contribution in [-0.2, 0) is 4.57 Å². The molecule has 0 spiro atoms. The van der Waals surface area contributed by atoms with Gasteiger partial charge in [-0.15, -0.1) is 0 Å². The third kappa shape index (κ3) is 4.86. The molecule has 0 fully saturated rings. The van der Waals surface area contributed by atoms with Crippen molar-refractivity contribution >= 4 is 8.46 Å². The van der Waals surface area contributed by atoms with Crippen LogP contribution in [0.15, 0.2) is 0 Å². The van der Waals surface area contributed by atoms with Gasteiger partial charge in [0.2, 0.25) is 0 Å². The Morgan fingerprint density at radius 1 is 1.40 bits per heavy atom. The maximum atomic E-state index is 10.2. The van der Waals surface area contributed by atoms with E-state index in [-0.39, 0.29) is 23.3 Å². The van der Waals surface area contributed by atoms with Crippen LogP contribution in [0.2, 0.25) is 0 Å². The summed E-state index contributed by atoms with van der Waals surface area (Å²) in [4.78, 5) is 0. The van der Waals surface area contributed by atoms with Crippen LogP contribution >= 0.6 is 8.46 Å². The summed E-state index contributed by atoms with van der Waals surface area (Å²) in [6.45, 7) is 3.34.